The van der Waals surface area contributed by atoms with E-state index in [0.717, 1.165) is 5.56 Å². The predicted molar refractivity (Wildman–Crippen MR) is 76.6 cm³/mol. The average molecular weight is 320 g/mol. The molecule has 9 heteroatoms. The molecular formula is C11H17N2O5PS. The van der Waals surface area contributed by atoms with Crippen molar-refractivity contribution < 1.29 is 22.5 Å². The van der Waals surface area contributed by atoms with E-state index in [4.69, 9.17) is 0 Å². The molecule has 1 atom stereocenters. The van der Waals surface area contributed by atoms with Gasteiger partial charge in [0.05, 0.1) is 17.7 Å². The lowest BCUT2D eigenvalue weighted by atomic mass is 10.2. The molecule has 0 saturated heterocycles. The predicted octanol–water partition coefficient (Wildman–Crippen LogP) is 1.70. The number of rotatable bonds is 8. The van der Waals surface area contributed by atoms with Gasteiger partial charge in [-0.3, -0.25) is 4.57 Å². The Hall–Kier alpha value is -1.21. The molecule has 112 valence electrons. The topological polar surface area (TPSA) is 94.1 Å². The minimum Gasteiger partial charge on any atom is -0.293 e. The molecule has 0 spiro atoms. The Labute approximate surface area is 118 Å². The van der Waals surface area contributed by atoms with Crippen LogP contribution in [0.15, 0.2) is 34.3 Å². The van der Waals surface area contributed by atoms with Crippen LogP contribution in [0.4, 0.5) is 0 Å². The van der Waals surface area contributed by atoms with Crippen molar-refractivity contribution in [2.75, 3.05) is 12.8 Å². The molecule has 20 heavy (non-hydrogen) atoms. The van der Waals surface area contributed by atoms with Crippen LogP contribution in [0, 0.1) is 6.92 Å². The van der Waals surface area contributed by atoms with Crippen molar-refractivity contribution in [1.29, 1.82) is 0 Å². The molecule has 0 radical (unpaired) electrons. The highest BCUT2D eigenvalue weighted by Gasteiger charge is 2.11. The summed E-state index contributed by atoms with van der Waals surface area (Å²) in [5, 5.41) is 3.52. The fourth-order valence-corrected chi connectivity index (χ4v) is 2.53. The minimum absolute atomic E-state index is 0.0128. The smallest absolute Gasteiger partial charge is 0.276 e. The van der Waals surface area contributed by atoms with Gasteiger partial charge in [-0.05, 0) is 26.0 Å². The number of sulfonamides is 1. The molecule has 0 aromatic heterocycles. The Bertz CT molecular complexity index is 571. The third kappa shape index (κ3) is 5.83. The van der Waals surface area contributed by atoms with E-state index in [0.29, 0.717) is 0 Å². The molecule has 1 N–H and O–H groups in total. The van der Waals surface area contributed by atoms with Gasteiger partial charge in [0.15, 0.2) is 0 Å². The molecule has 0 aliphatic rings. The molecule has 0 heterocycles. The van der Waals surface area contributed by atoms with Gasteiger partial charge in [-0.25, -0.2) is 9.72 Å². The number of hydrogen-bond acceptors (Lipinski definition) is 6. The van der Waals surface area contributed by atoms with Gasteiger partial charge in [-0.1, -0.05) is 17.7 Å². The van der Waals surface area contributed by atoms with Crippen LogP contribution in [0.3, 0.4) is 0 Å². The maximum absolute atomic E-state index is 11.8. The lowest BCUT2D eigenvalue weighted by molar-refractivity contribution is -0.196. The van der Waals surface area contributed by atoms with Gasteiger partial charge in [0.25, 0.3) is 10.0 Å². The van der Waals surface area contributed by atoms with Gasteiger partial charge < -0.3 is 0 Å². The number of aryl methyl sites for hydroxylation is 1. The van der Waals surface area contributed by atoms with Crippen molar-refractivity contribution >= 4 is 24.3 Å². The first-order valence-electron chi connectivity index (χ1n) is 5.88. The zero-order valence-electron chi connectivity index (χ0n) is 11.2. The molecule has 1 aromatic carbocycles. The highest BCUT2D eigenvalue weighted by atomic mass is 32.2. The molecule has 0 bridgehead atoms. The zero-order valence-corrected chi connectivity index (χ0v) is 13.0. The fourth-order valence-electron chi connectivity index (χ4n) is 1.16. The zero-order chi connectivity index (χ0) is 15.0. The summed E-state index contributed by atoms with van der Waals surface area (Å²) < 4.78 is 39.3. The normalized spacial score (nSPS) is 13.5. The number of nitrogens with zero attached hydrogens (tertiary/aromatic N) is 1. The second-order valence-corrected chi connectivity index (χ2v) is 6.77. The summed E-state index contributed by atoms with van der Waals surface area (Å²) in [4.78, 5) is 6.64. The molecule has 1 rings (SSSR count). The Balaban J connectivity index is 2.51. The van der Waals surface area contributed by atoms with Crippen molar-refractivity contribution in [1.82, 2.24) is 4.83 Å². The molecule has 1 aromatic rings. The first-order chi connectivity index (χ1) is 9.45. The Morgan fingerprint density at radius 1 is 1.35 bits per heavy atom. The van der Waals surface area contributed by atoms with Crippen LogP contribution in [0.25, 0.3) is 0 Å². The summed E-state index contributed by atoms with van der Waals surface area (Å²) in [7, 11) is -6.10. The van der Waals surface area contributed by atoms with Gasteiger partial charge in [0, 0.05) is 6.21 Å². The number of benzene rings is 1. The van der Waals surface area contributed by atoms with Crippen molar-refractivity contribution in [3.05, 3.63) is 29.8 Å². The van der Waals surface area contributed by atoms with Crippen LogP contribution in [0.1, 0.15) is 12.5 Å². The van der Waals surface area contributed by atoms with Crippen LogP contribution in [0.2, 0.25) is 0 Å². The van der Waals surface area contributed by atoms with Gasteiger partial charge in [0.1, 0.15) is 0 Å². The maximum atomic E-state index is 11.8. The number of nitrogens with one attached hydrogen (secondary N) is 1. The van der Waals surface area contributed by atoms with E-state index in [-0.39, 0.29) is 17.7 Å². The highest BCUT2D eigenvalue weighted by Crippen LogP contribution is 2.20. The molecule has 0 saturated carbocycles. The summed E-state index contributed by atoms with van der Waals surface area (Å²) in [6.45, 7) is 3.84. The van der Waals surface area contributed by atoms with Crippen LogP contribution in [0.5, 0.6) is 0 Å². The summed E-state index contributed by atoms with van der Waals surface area (Å²) in [5.41, 5.74) is 0.958. The SMILES string of the molecule is CCOO[PH](=O)C/C=N/NS(=O)(=O)c1ccc(C)cc1. The van der Waals surface area contributed by atoms with Gasteiger partial charge in [-0.15, -0.1) is 0 Å². The lowest BCUT2D eigenvalue weighted by Gasteiger charge is -2.03. The average Bonchev–Trinajstić information content (AvgIpc) is 2.42. The molecule has 1 unspecified atom stereocenters. The van der Waals surface area contributed by atoms with Crippen molar-refractivity contribution in [3.8, 4) is 0 Å². The van der Waals surface area contributed by atoms with Crippen LogP contribution >= 0.6 is 8.03 Å². The summed E-state index contributed by atoms with van der Waals surface area (Å²) >= 11 is 0. The Kier molecular flexibility index (Phi) is 6.87. The Morgan fingerprint density at radius 3 is 2.60 bits per heavy atom. The molecule has 0 fully saturated rings. The maximum Gasteiger partial charge on any atom is 0.276 e. The second-order valence-electron chi connectivity index (χ2n) is 3.79. The third-order valence-corrected chi connectivity index (χ3v) is 4.18. The van der Waals surface area contributed by atoms with E-state index in [9.17, 15) is 13.0 Å². The Morgan fingerprint density at radius 2 is 2.00 bits per heavy atom. The quantitative estimate of drug-likeness (QED) is 0.340. The van der Waals surface area contributed by atoms with Gasteiger partial charge >= 0.3 is 0 Å². The summed E-state index contributed by atoms with van der Waals surface area (Å²) in [6, 6.07) is 6.34. The number of hydrazone groups is 1. The largest absolute Gasteiger partial charge is 0.293 e. The first kappa shape index (κ1) is 16.8. The molecule has 0 aliphatic heterocycles. The van der Waals surface area contributed by atoms with E-state index >= 15 is 0 Å². The highest BCUT2D eigenvalue weighted by molar-refractivity contribution is 7.89. The molecule has 0 amide bonds. The van der Waals surface area contributed by atoms with E-state index in [1.807, 2.05) is 11.8 Å². The van der Waals surface area contributed by atoms with Gasteiger partial charge in [0.2, 0.25) is 8.03 Å². The van der Waals surface area contributed by atoms with E-state index in [2.05, 4.69) is 14.7 Å². The second kappa shape index (κ2) is 8.16. The molecule has 7 nitrogen and oxygen atoms in total. The standard InChI is InChI=1S/C11H17N2O5PS/c1-3-17-18-19(14)9-8-12-13-20(15,16)11-6-4-10(2)5-7-11/h4-8,13,19H,3,9H2,1-2H3/b12-8+. The van der Waals surface area contributed by atoms with Crippen LogP contribution < -0.4 is 4.83 Å². The lowest BCUT2D eigenvalue weighted by Crippen LogP contribution is -2.18. The molecular weight excluding hydrogens is 303 g/mol. The van der Waals surface area contributed by atoms with Crippen molar-refractivity contribution in [2.24, 2.45) is 5.10 Å². The van der Waals surface area contributed by atoms with Crippen LogP contribution in [-0.4, -0.2) is 27.4 Å². The molecule has 0 aliphatic carbocycles. The van der Waals surface area contributed by atoms with E-state index in [1.165, 1.54) is 18.3 Å². The minimum atomic E-state index is -3.70. The van der Waals surface area contributed by atoms with Gasteiger partial charge in [-0.2, -0.15) is 18.2 Å². The van der Waals surface area contributed by atoms with E-state index < -0.39 is 18.1 Å². The third-order valence-electron chi connectivity index (χ3n) is 2.12. The summed E-state index contributed by atoms with van der Waals surface area (Å²) in [6.07, 6.45) is 1.16. The van der Waals surface area contributed by atoms with E-state index in [1.54, 1.807) is 19.1 Å². The fraction of sp³-hybridized carbons (Fsp3) is 0.364. The monoisotopic (exact) mass is 320 g/mol. The van der Waals surface area contributed by atoms with Crippen molar-refractivity contribution in [2.45, 2.75) is 18.7 Å². The van der Waals surface area contributed by atoms with Crippen LogP contribution in [-0.2, 0) is 24.2 Å². The van der Waals surface area contributed by atoms with Crippen molar-refractivity contribution in [3.63, 3.8) is 0 Å². The number of hydrogen-bond donors (Lipinski definition) is 1. The first-order valence-corrected chi connectivity index (χ1v) is 8.88. The summed E-state index contributed by atoms with van der Waals surface area (Å²) in [5.74, 6) is 0.